The molecule has 0 aliphatic carbocycles. The number of halogens is 1. The molecule has 19 heavy (non-hydrogen) atoms. The third-order valence-corrected chi connectivity index (χ3v) is 3.94. The van der Waals surface area contributed by atoms with E-state index in [0.717, 1.165) is 21.3 Å². The molecular formula is C14H17BrN2O2. The van der Waals surface area contributed by atoms with Crippen LogP contribution in [0.5, 0.6) is 0 Å². The number of anilines is 1. The van der Waals surface area contributed by atoms with Gasteiger partial charge in [0.1, 0.15) is 6.04 Å². The Morgan fingerprint density at radius 1 is 1.37 bits per heavy atom. The summed E-state index contributed by atoms with van der Waals surface area (Å²) in [5.41, 5.74) is 3.09. The number of hydrogen-bond acceptors (Lipinski definition) is 3. The summed E-state index contributed by atoms with van der Waals surface area (Å²) in [6, 6.07) is 3.59. The molecule has 2 amide bonds. The fourth-order valence-corrected chi connectivity index (χ4v) is 3.19. The molecule has 2 rings (SSSR count). The molecule has 1 aromatic carbocycles. The van der Waals surface area contributed by atoms with Crippen LogP contribution in [0.4, 0.5) is 5.69 Å². The summed E-state index contributed by atoms with van der Waals surface area (Å²) in [6.45, 7) is 6.25. The van der Waals surface area contributed by atoms with E-state index in [4.69, 9.17) is 0 Å². The third-order valence-electron chi connectivity index (χ3n) is 3.31. The van der Waals surface area contributed by atoms with E-state index in [9.17, 15) is 9.59 Å². The van der Waals surface area contributed by atoms with Gasteiger partial charge in [-0.15, -0.1) is 0 Å². The van der Waals surface area contributed by atoms with E-state index in [1.807, 2.05) is 32.9 Å². The van der Waals surface area contributed by atoms with Gasteiger partial charge in [0.15, 0.2) is 0 Å². The molecule has 0 saturated carbocycles. The minimum absolute atomic E-state index is 0.106. The van der Waals surface area contributed by atoms with E-state index in [0.29, 0.717) is 6.54 Å². The van der Waals surface area contributed by atoms with Gasteiger partial charge in [-0.25, -0.2) is 0 Å². The van der Waals surface area contributed by atoms with Gasteiger partial charge >= 0.3 is 0 Å². The van der Waals surface area contributed by atoms with Crippen molar-refractivity contribution in [2.75, 3.05) is 11.9 Å². The zero-order chi connectivity index (χ0) is 14.2. The van der Waals surface area contributed by atoms with E-state index >= 15 is 0 Å². The molecule has 1 aliphatic rings. The fraction of sp³-hybridized carbons (Fsp3) is 0.429. The van der Waals surface area contributed by atoms with Crippen LogP contribution in [0.2, 0.25) is 0 Å². The van der Waals surface area contributed by atoms with Crippen LogP contribution in [0.3, 0.4) is 0 Å². The predicted octanol–water partition coefficient (Wildman–Crippen LogP) is 2.63. The van der Waals surface area contributed by atoms with Gasteiger partial charge < -0.3 is 5.32 Å². The second-order valence-corrected chi connectivity index (χ2v) is 5.67. The van der Waals surface area contributed by atoms with Crippen LogP contribution in [-0.4, -0.2) is 29.3 Å². The number of amides is 2. The minimum Gasteiger partial charge on any atom is -0.372 e. The number of nitrogens with one attached hydrogen (secondary N) is 1. The maximum atomic E-state index is 12.1. The minimum atomic E-state index is -0.454. The molecule has 5 heteroatoms. The monoisotopic (exact) mass is 324 g/mol. The Labute approximate surface area is 121 Å². The van der Waals surface area contributed by atoms with Crippen molar-refractivity contribution in [1.82, 2.24) is 4.90 Å². The fourth-order valence-electron chi connectivity index (χ4n) is 2.40. The SMILES string of the molecule is CCN1C(=O)CC(Nc2c(C)cc(C)cc2Br)C1=O. The lowest BCUT2D eigenvalue weighted by Crippen LogP contribution is -2.34. The lowest BCUT2D eigenvalue weighted by atomic mass is 10.1. The summed E-state index contributed by atoms with van der Waals surface area (Å²) in [6.07, 6.45) is 0.229. The molecule has 1 aliphatic heterocycles. The van der Waals surface area contributed by atoms with Crippen LogP contribution in [0.25, 0.3) is 0 Å². The number of carbonyl (C=O) groups excluding carboxylic acids is 2. The van der Waals surface area contributed by atoms with Crippen LogP contribution < -0.4 is 5.32 Å². The average molecular weight is 325 g/mol. The summed E-state index contributed by atoms with van der Waals surface area (Å²) in [7, 11) is 0. The van der Waals surface area contributed by atoms with E-state index in [-0.39, 0.29) is 18.2 Å². The molecule has 1 N–H and O–H groups in total. The highest BCUT2D eigenvalue weighted by Crippen LogP contribution is 2.30. The van der Waals surface area contributed by atoms with E-state index in [2.05, 4.69) is 21.2 Å². The molecule has 1 unspecified atom stereocenters. The first-order chi connectivity index (χ1) is 8.93. The molecule has 0 aromatic heterocycles. The largest absolute Gasteiger partial charge is 0.372 e. The highest BCUT2D eigenvalue weighted by Gasteiger charge is 2.37. The number of rotatable bonds is 3. The van der Waals surface area contributed by atoms with Crippen LogP contribution in [-0.2, 0) is 9.59 Å². The Morgan fingerprint density at radius 2 is 2.05 bits per heavy atom. The Kier molecular flexibility index (Phi) is 3.94. The molecule has 1 aromatic rings. The van der Waals surface area contributed by atoms with Crippen molar-refractivity contribution in [1.29, 1.82) is 0 Å². The number of likely N-dealkylation sites (tertiary alicyclic amines) is 1. The summed E-state index contributed by atoms with van der Waals surface area (Å²) in [4.78, 5) is 25.1. The molecule has 1 heterocycles. The number of aryl methyl sites for hydroxylation is 2. The van der Waals surface area contributed by atoms with Crippen molar-refractivity contribution in [2.45, 2.75) is 33.2 Å². The lowest BCUT2D eigenvalue weighted by Gasteiger charge is -2.17. The average Bonchev–Trinajstić information content (AvgIpc) is 2.58. The zero-order valence-electron chi connectivity index (χ0n) is 11.3. The second-order valence-electron chi connectivity index (χ2n) is 4.82. The molecule has 1 saturated heterocycles. The van der Waals surface area contributed by atoms with Crippen LogP contribution in [0.15, 0.2) is 16.6 Å². The summed E-state index contributed by atoms with van der Waals surface area (Å²) in [5.74, 6) is -0.245. The quantitative estimate of drug-likeness (QED) is 0.869. The Bertz CT molecular complexity index is 519. The number of imide groups is 1. The first-order valence-corrected chi connectivity index (χ1v) is 7.10. The smallest absolute Gasteiger partial charge is 0.252 e. The maximum absolute atomic E-state index is 12.1. The van der Waals surface area contributed by atoms with Crippen LogP contribution in [0, 0.1) is 13.8 Å². The van der Waals surface area contributed by atoms with Crippen molar-refractivity contribution in [3.05, 3.63) is 27.7 Å². The summed E-state index contributed by atoms with van der Waals surface area (Å²) in [5, 5.41) is 3.19. The standard InChI is InChI=1S/C14H17BrN2O2/c1-4-17-12(18)7-11(14(17)19)16-13-9(3)5-8(2)6-10(13)15/h5-6,11,16H,4,7H2,1-3H3. The van der Waals surface area contributed by atoms with Crippen molar-refractivity contribution in [3.8, 4) is 0 Å². The Hall–Kier alpha value is -1.36. The zero-order valence-corrected chi connectivity index (χ0v) is 12.9. The van der Waals surface area contributed by atoms with Gasteiger partial charge in [-0.05, 0) is 53.9 Å². The summed E-state index contributed by atoms with van der Waals surface area (Å²) >= 11 is 3.50. The molecule has 102 valence electrons. The Morgan fingerprint density at radius 3 is 2.58 bits per heavy atom. The van der Waals surface area contributed by atoms with Gasteiger partial charge in [0.2, 0.25) is 5.91 Å². The van der Waals surface area contributed by atoms with Gasteiger partial charge in [-0.1, -0.05) is 6.07 Å². The lowest BCUT2D eigenvalue weighted by molar-refractivity contribution is -0.138. The van der Waals surface area contributed by atoms with E-state index < -0.39 is 6.04 Å². The highest BCUT2D eigenvalue weighted by atomic mass is 79.9. The third kappa shape index (κ3) is 2.66. The molecule has 0 radical (unpaired) electrons. The molecule has 0 bridgehead atoms. The summed E-state index contributed by atoms with van der Waals surface area (Å²) < 4.78 is 0.917. The van der Waals surface area contributed by atoms with Crippen LogP contribution in [0.1, 0.15) is 24.5 Å². The molecule has 0 spiro atoms. The van der Waals surface area contributed by atoms with Crippen LogP contribution >= 0.6 is 15.9 Å². The van der Waals surface area contributed by atoms with Gasteiger partial charge in [0.25, 0.3) is 5.91 Å². The van der Waals surface area contributed by atoms with Crippen molar-refractivity contribution in [3.63, 3.8) is 0 Å². The first kappa shape index (κ1) is 14.1. The molecule has 4 nitrogen and oxygen atoms in total. The van der Waals surface area contributed by atoms with Crippen molar-refractivity contribution >= 4 is 33.4 Å². The highest BCUT2D eigenvalue weighted by molar-refractivity contribution is 9.10. The number of benzene rings is 1. The number of nitrogens with zero attached hydrogens (tertiary/aromatic N) is 1. The maximum Gasteiger partial charge on any atom is 0.252 e. The van der Waals surface area contributed by atoms with E-state index in [1.54, 1.807) is 0 Å². The second kappa shape index (κ2) is 5.33. The van der Waals surface area contributed by atoms with Gasteiger partial charge in [0, 0.05) is 11.0 Å². The van der Waals surface area contributed by atoms with Crippen molar-refractivity contribution in [2.24, 2.45) is 0 Å². The van der Waals surface area contributed by atoms with Gasteiger partial charge in [-0.2, -0.15) is 0 Å². The number of likely N-dealkylation sites (N-methyl/N-ethyl adjacent to an activating group) is 1. The molecular weight excluding hydrogens is 308 g/mol. The van der Waals surface area contributed by atoms with Gasteiger partial charge in [-0.3, -0.25) is 14.5 Å². The van der Waals surface area contributed by atoms with Gasteiger partial charge in [0.05, 0.1) is 12.1 Å². The topological polar surface area (TPSA) is 49.4 Å². The number of hydrogen-bond donors (Lipinski definition) is 1. The van der Waals surface area contributed by atoms with E-state index in [1.165, 1.54) is 4.90 Å². The normalized spacial score (nSPS) is 19.2. The molecule has 1 fully saturated rings. The number of carbonyl (C=O) groups is 2. The van der Waals surface area contributed by atoms with Crippen molar-refractivity contribution < 1.29 is 9.59 Å². The Balaban J connectivity index is 2.24. The molecule has 1 atom stereocenters. The first-order valence-electron chi connectivity index (χ1n) is 6.31. The predicted molar refractivity (Wildman–Crippen MR) is 78.0 cm³/mol.